The lowest BCUT2D eigenvalue weighted by atomic mass is 10.1. The highest BCUT2D eigenvalue weighted by Crippen LogP contribution is 2.08. The van der Waals surface area contributed by atoms with Crippen LogP contribution in [-0.2, 0) is 24.3 Å². The summed E-state index contributed by atoms with van der Waals surface area (Å²) < 4.78 is 7.51. The molecule has 1 aromatic carbocycles. The minimum Gasteiger partial charge on any atom is -0.467 e. The third-order valence-electron chi connectivity index (χ3n) is 4.01. The quantitative estimate of drug-likeness (QED) is 0.680. The molecular weight excluding hydrogens is 334 g/mol. The lowest BCUT2D eigenvalue weighted by molar-refractivity contribution is -0.122. The summed E-state index contributed by atoms with van der Waals surface area (Å²) in [7, 11) is 0. The number of nitrogens with one attached hydrogen (secondary N) is 1. The molecule has 0 bridgehead atoms. The minimum atomic E-state index is -0.748. The van der Waals surface area contributed by atoms with Crippen LogP contribution in [-0.4, -0.2) is 15.0 Å². The Hall–Kier alpha value is -3.35. The van der Waals surface area contributed by atoms with Crippen LogP contribution in [0.3, 0.4) is 0 Å². The number of benzene rings is 1. The van der Waals surface area contributed by atoms with E-state index in [0.29, 0.717) is 11.4 Å². The highest BCUT2D eigenvalue weighted by Gasteiger charge is 2.10. The number of hydrogen-bond donors (Lipinski definition) is 1. The van der Waals surface area contributed by atoms with Crippen LogP contribution in [0.1, 0.15) is 18.2 Å². The number of aromatic nitrogens is 2. The van der Waals surface area contributed by atoms with Crippen molar-refractivity contribution < 1.29 is 9.21 Å². The molecule has 3 aromatic rings. The van der Waals surface area contributed by atoms with Crippen LogP contribution < -0.4 is 16.4 Å². The van der Waals surface area contributed by atoms with Crippen molar-refractivity contribution in [1.82, 2.24) is 14.5 Å². The first-order chi connectivity index (χ1) is 12.6. The van der Waals surface area contributed by atoms with Crippen LogP contribution in [0.4, 0.5) is 0 Å². The molecule has 0 aliphatic carbocycles. The summed E-state index contributed by atoms with van der Waals surface area (Å²) in [6, 6.07) is 10.9. The fraction of sp³-hybridized carbons (Fsp3) is 0.211. The smallest absolute Gasteiger partial charge is 0.320 e. The van der Waals surface area contributed by atoms with E-state index in [1.165, 1.54) is 23.2 Å². The third kappa shape index (κ3) is 3.83. The van der Waals surface area contributed by atoms with Crippen molar-refractivity contribution in [3.8, 4) is 5.69 Å². The molecular formula is C19H19N3O4. The molecule has 0 saturated heterocycles. The summed E-state index contributed by atoms with van der Waals surface area (Å²) in [5, 5.41) is 2.64. The van der Waals surface area contributed by atoms with Gasteiger partial charge in [-0.3, -0.25) is 23.5 Å². The molecule has 134 valence electrons. The van der Waals surface area contributed by atoms with E-state index in [-0.39, 0.29) is 19.0 Å². The van der Waals surface area contributed by atoms with Gasteiger partial charge in [-0.1, -0.05) is 19.1 Å². The average Bonchev–Trinajstić information content (AvgIpc) is 3.17. The number of furan rings is 1. The van der Waals surface area contributed by atoms with Gasteiger partial charge in [0.2, 0.25) is 5.91 Å². The monoisotopic (exact) mass is 353 g/mol. The summed E-state index contributed by atoms with van der Waals surface area (Å²) in [6.45, 7) is 2.01. The zero-order valence-electron chi connectivity index (χ0n) is 14.3. The first-order valence-electron chi connectivity index (χ1n) is 8.29. The highest BCUT2D eigenvalue weighted by molar-refractivity contribution is 5.75. The van der Waals surface area contributed by atoms with E-state index in [1.807, 2.05) is 25.1 Å². The molecule has 3 rings (SSSR count). The fourth-order valence-electron chi connectivity index (χ4n) is 2.57. The van der Waals surface area contributed by atoms with Gasteiger partial charge in [-0.25, -0.2) is 0 Å². The Labute approximate surface area is 149 Å². The Morgan fingerprint density at radius 3 is 2.69 bits per heavy atom. The molecule has 1 amide bonds. The number of carbonyl (C=O) groups excluding carboxylic acids is 1. The van der Waals surface area contributed by atoms with Crippen molar-refractivity contribution in [3.63, 3.8) is 0 Å². The zero-order valence-corrected chi connectivity index (χ0v) is 14.3. The lowest BCUT2D eigenvalue weighted by Crippen LogP contribution is -2.42. The van der Waals surface area contributed by atoms with Gasteiger partial charge in [-0.2, -0.15) is 0 Å². The Morgan fingerprint density at radius 1 is 1.12 bits per heavy atom. The second-order valence-electron chi connectivity index (χ2n) is 5.79. The Kier molecular flexibility index (Phi) is 5.17. The van der Waals surface area contributed by atoms with Crippen LogP contribution >= 0.6 is 0 Å². The summed E-state index contributed by atoms with van der Waals surface area (Å²) in [5.74, 6) is 0.227. The molecule has 2 aromatic heterocycles. The Bertz CT molecular complexity index is 1020. The molecule has 0 spiro atoms. The van der Waals surface area contributed by atoms with Gasteiger partial charge in [-0.05, 0) is 36.2 Å². The fourth-order valence-corrected chi connectivity index (χ4v) is 2.57. The van der Waals surface area contributed by atoms with Crippen molar-refractivity contribution in [2.45, 2.75) is 26.4 Å². The predicted octanol–water partition coefficient (Wildman–Crippen LogP) is 1.47. The normalized spacial score (nSPS) is 10.7. The second kappa shape index (κ2) is 7.69. The van der Waals surface area contributed by atoms with Crippen LogP contribution in [0.15, 0.2) is 69.1 Å². The van der Waals surface area contributed by atoms with E-state index in [9.17, 15) is 14.4 Å². The van der Waals surface area contributed by atoms with Gasteiger partial charge in [0.05, 0.1) is 12.8 Å². The number of carbonyl (C=O) groups is 1. The van der Waals surface area contributed by atoms with Crippen molar-refractivity contribution in [2.75, 3.05) is 0 Å². The van der Waals surface area contributed by atoms with Gasteiger partial charge < -0.3 is 9.73 Å². The SMILES string of the molecule is CCc1cccc(-n2ccn(CC(=O)NCc3ccco3)c(=O)c2=O)c1. The Balaban J connectivity index is 1.78. The van der Waals surface area contributed by atoms with Gasteiger partial charge in [0.25, 0.3) is 0 Å². The summed E-state index contributed by atoms with van der Waals surface area (Å²) in [5.41, 5.74) is 0.249. The van der Waals surface area contributed by atoms with E-state index in [4.69, 9.17) is 4.42 Å². The van der Waals surface area contributed by atoms with Crippen molar-refractivity contribution in [1.29, 1.82) is 0 Å². The molecule has 1 N–H and O–H groups in total. The first kappa shape index (κ1) is 17.5. The number of amides is 1. The number of rotatable bonds is 6. The number of hydrogen-bond acceptors (Lipinski definition) is 4. The van der Waals surface area contributed by atoms with Gasteiger partial charge in [0.1, 0.15) is 12.3 Å². The average molecular weight is 353 g/mol. The van der Waals surface area contributed by atoms with Crippen molar-refractivity contribution >= 4 is 5.91 Å². The van der Waals surface area contributed by atoms with E-state index in [1.54, 1.807) is 18.2 Å². The maximum atomic E-state index is 12.4. The third-order valence-corrected chi connectivity index (χ3v) is 4.01. The largest absolute Gasteiger partial charge is 0.467 e. The van der Waals surface area contributed by atoms with Crippen LogP contribution in [0, 0.1) is 0 Å². The van der Waals surface area contributed by atoms with E-state index >= 15 is 0 Å². The maximum absolute atomic E-state index is 12.4. The van der Waals surface area contributed by atoms with Crippen LogP contribution in [0.5, 0.6) is 0 Å². The molecule has 0 radical (unpaired) electrons. The molecule has 7 heteroatoms. The van der Waals surface area contributed by atoms with E-state index in [2.05, 4.69) is 5.32 Å². The van der Waals surface area contributed by atoms with E-state index in [0.717, 1.165) is 16.6 Å². The van der Waals surface area contributed by atoms with Gasteiger partial charge in [0, 0.05) is 18.1 Å². The van der Waals surface area contributed by atoms with Crippen LogP contribution in [0.2, 0.25) is 0 Å². The molecule has 0 aliphatic heterocycles. The standard InChI is InChI=1S/C19H19N3O4/c1-2-14-5-3-6-15(11-14)22-9-8-21(18(24)19(22)25)13-17(23)20-12-16-7-4-10-26-16/h3-11H,2,12-13H2,1H3,(H,20,23). The first-order valence-corrected chi connectivity index (χ1v) is 8.29. The summed E-state index contributed by atoms with van der Waals surface area (Å²) >= 11 is 0. The van der Waals surface area contributed by atoms with Crippen molar-refractivity contribution in [3.05, 3.63) is 87.1 Å². The van der Waals surface area contributed by atoms with Gasteiger partial charge in [-0.15, -0.1) is 0 Å². The second-order valence-corrected chi connectivity index (χ2v) is 5.79. The lowest BCUT2D eigenvalue weighted by Gasteiger charge is -2.10. The molecule has 0 unspecified atom stereocenters. The predicted molar refractivity (Wildman–Crippen MR) is 96.2 cm³/mol. The Morgan fingerprint density at radius 2 is 1.96 bits per heavy atom. The molecule has 0 atom stereocenters. The maximum Gasteiger partial charge on any atom is 0.320 e. The van der Waals surface area contributed by atoms with Crippen molar-refractivity contribution in [2.24, 2.45) is 0 Å². The molecule has 0 aliphatic rings. The van der Waals surface area contributed by atoms with Crippen LogP contribution in [0.25, 0.3) is 5.69 Å². The molecule has 26 heavy (non-hydrogen) atoms. The van der Waals surface area contributed by atoms with Gasteiger partial charge in [0.15, 0.2) is 0 Å². The molecule has 7 nitrogen and oxygen atoms in total. The highest BCUT2D eigenvalue weighted by atomic mass is 16.3. The topological polar surface area (TPSA) is 86.2 Å². The van der Waals surface area contributed by atoms with Gasteiger partial charge >= 0.3 is 11.1 Å². The summed E-state index contributed by atoms with van der Waals surface area (Å²) in [4.78, 5) is 36.7. The molecule has 0 fully saturated rings. The minimum absolute atomic E-state index is 0.224. The molecule has 0 saturated carbocycles. The summed E-state index contributed by atoms with van der Waals surface area (Å²) in [6.07, 6.45) is 5.28. The van der Waals surface area contributed by atoms with E-state index < -0.39 is 11.1 Å². The number of nitrogens with zero attached hydrogens (tertiary/aromatic N) is 2. The number of aryl methyl sites for hydroxylation is 1. The zero-order chi connectivity index (χ0) is 18.5. The molecule has 2 heterocycles.